The molecule has 4 heteroatoms. The topological polar surface area (TPSA) is 44.9 Å². The largest absolute Gasteiger partial charge is 0.302 e. The fraction of sp³-hybridized carbons (Fsp3) is 0.238. The van der Waals surface area contributed by atoms with Gasteiger partial charge in [-0.05, 0) is 32.1 Å². The fourth-order valence-electron chi connectivity index (χ4n) is 2.88. The van der Waals surface area contributed by atoms with Gasteiger partial charge in [0.1, 0.15) is 0 Å². The van der Waals surface area contributed by atoms with Gasteiger partial charge in [-0.3, -0.25) is 0 Å². The van der Waals surface area contributed by atoms with E-state index in [9.17, 15) is 0 Å². The molecule has 0 saturated heterocycles. The van der Waals surface area contributed by atoms with Gasteiger partial charge >= 0.3 is 0 Å². The van der Waals surface area contributed by atoms with Crippen molar-refractivity contribution in [2.45, 2.75) is 19.4 Å². The van der Waals surface area contributed by atoms with E-state index >= 15 is 0 Å². The van der Waals surface area contributed by atoms with Crippen molar-refractivity contribution in [1.29, 1.82) is 5.26 Å². The van der Waals surface area contributed by atoms with E-state index in [0.717, 1.165) is 36.5 Å². The first-order valence-corrected chi connectivity index (χ1v) is 8.53. The van der Waals surface area contributed by atoms with E-state index in [1.165, 1.54) is 5.56 Å². The molecule has 126 valence electrons. The second-order valence-electron chi connectivity index (χ2n) is 6.15. The van der Waals surface area contributed by atoms with Crippen LogP contribution in [0.15, 0.2) is 66.9 Å². The number of para-hydroxylation sites is 1. The molecule has 0 fully saturated rings. The molecular formula is C21H22N4. The Balaban J connectivity index is 1.90. The number of hydrogen-bond donors (Lipinski definition) is 0. The molecule has 2 aromatic carbocycles. The minimum Gasteiger partial charge on any atom is -0.302 e. The Morgan fingerprint density at radius 3 is 2.40 bits per heavy atom. The first-order valence-electron chi connectivity index (χ1n) is 8.53. The molecule has 0 atom stereocenters. The predicted molar refractivity (Wildman–Crippen MR) is 100 cm³/mol. The highest BCUT2D eigenvalue weighted by Gasteiger charge is 2.13. The van der Waals surface area contributed by atoms with Crippen LogP contribution in [0, 0.1) is 11.3 Å². The molecule has 0 unspecified atom stereocenters. The van der Waals surface area contributed by atoms with Crippen LogP contribution in [-0.4, -0.2) is 28.3 Å². The molecule has 1 aromatic heterocycles. The number of unbranched alkanes of at least 4 members (excludes halogenated alkanes) is 1. The highest BCUT2D eigenvalue weighted by molar-refractivity contribution is 5.63. The number of rotatable bonds is 7. The highest BCUT2D eigenvalue weighted by Crippen LogP contribution is 2.24. The van der Waals surface area contributed by atoms with Crippen molar-refractivity contribution in [1.82, 2.24) is 14.7 Å². The van der Waals surface area contributed by atoms with Crippen LogP contribution in [-0.2, 0) is 6.54 Å². The Labute approximate surface area is 148 Å². The van der Waals surface area contributed by atoms with Gasteiger partial charge in [-0.15, -0.1) is 0 Å². The minimum atomic E-state index is 0.596. The van der Waals surface area contributed by atoms with E-state index in [4.69, 9.17) is 10.4 Å². The van der Waals surface area contributed by atoms with Gasteiger partial charge in [0.05, 0.1) is 17.5 Å². The lowest BCUT2D eigenvalue weighted by atomic mass is 10.1. The monoisotopic (exact) mass is 330 g/mol. The second kappa shape index (κ2) is 8.27. The molecule has 0 N–H and O–H groups in total. The smallest absolute Gasteiger partial charge is 0.0972 e. The minimum absolute atomic E-state index is 0.596. The molecule has 0 radical (unpaired) electrons. The fourth-order valence-corrected chi connectivity index (χ4v) is 2.88. The van der Waals surface area contributed by atoms with E-state index in [-0.39, 0.29) is 0 Å². The average molecular weight is 330 g/mol. The van der Waals surface area contributed by atoms with Crippen molar-refractivity contribution in [3.63, 3.8) is 0 Å². The number of aromatic nitrogens is 2. The van der Waals surface area contributed by atoms with Gasteiger partial charge in [-0.25, -0.2) is 4.68 Å². The van der Waals surface area contributed by atoms with Crippen molar-refractivity contribution in [3.8, 4) is 23.0 Å². The third-order valence-electron chi connectivity index (χ3n) is 4.13. The molecular weight excluding hydrogens is 308 g/mol. The summed E-state index contributed by atoms with van der Waals surface area (Å²) in [5.74, 6) is 0. The Morgan fingerprint density at radius 1 is 1.04 bits per heavy atom. The van der Waals surface area contributed by atoms with Gasteiger partial charge in [-0.2, -0.15) is 10.4 Å². The van der Waals surface area contributed by atoms with Gasteiger partial charge in [0.25, 0.3) is 0 Å². The van der Waals surface area contributed by atoms with Crippen molar-refractivity contribution < 1.29 is 0 Å². The highest BCUT2D eigenvalue weighted by atomic mass is 15.3. The molecule has 0 aliphatic rings. The molecule has 25 heavy (non-hydrogen) atoms. The van der Waals surface area contributed by atoms with Gasteiger partial charge in [-0.1, -0.05) is 48.5 Å². The summed E-state index contributed by atoms with van der Waals surface area (Å²) in [6, 6.07) is 22.7. The molecule has 4 nitrogen and oxygen atoms in total. The third kappa shape index (κ3) is 4.34. The van der Waals surface area contributed by atoms with Crippen LogP contribution in [0.4, 0.5) is 0 Å². The normalized spacial score (nSPS) is 10.8. The Hall–Kier alpha value is -2.90. The molecule has 0 aliphatic heterocycles. The summed E-state index contributed by atoms with van der Waals surface area (Å²) >= 11 is 0. The maximum atomic E-state index is 8.71. The molecule has 0 aliphatic carbocycles. The zero-order valence-corrected chi connectivity index (χ0v) is 14.5. The summed E-state index contributed by atoms with van der Waals surface area (Å²) in [5, 5.41) is 13.5. The Morgan fingerprint density at radius 2 is 1.72 bits per heavy atom. The number of nitrogens with zero attached hydrogens (tertiary/aromatic N) is 4. The van der Waals surface area contributed by atoms with Crippen molar-refractivity contribution in [3.05, 3.63) is 72.4 Å². The van der Waals surface area contributed by atoms with E-state index < -0.39 is 0 Å². The van der Waals surface area contributed by atoms with Gasteiger partial charge < -0.3 is 4.90 Å². The van der Waals surface area contributed by atoms with Gasteiger partial charge in [0.15, 0.2) is 0 Å². The molecule has 3 aromatic rings. The molecule has 3 rings (SSSR count). The SMILES string of the molecule is CN(CCCC#N)Cc1cn(-c2ccccc2)nc1-c1ccccc1. The van der Waals surface area contributed by atoms with Gasteiger partial charge in [0.2, 0.25) is 0 Å². The summed E-state index contributed by atoms with van der Waals surface area (Å²) in [6.07, 6.45) is 3.60. The lowest BCUT2D eigenvalue weighted by Crippen LogP contribution is -2.19. The van der Waals surface area contributed by atoms with Crippen LogP contribution in [0.3, 0.4) is 0 Å². The van der Waals surface area contributed by atoms with Crippen LogP contribution in [0.2, 0.25) is 0 Å². The van der Waals surface area contributed by atoms with Crippen molar-refractivity contribution in [2.75, 3.05) is 13.6 Å². The van der Waals surface area contributed by atoms with Crippen LogP contribution < -0.4 is 0 Å². The van der Waals surface area contributed by atoms with E-state index in [0.29, 0.717) is 6.42 Å². The zero-order chi connectivity index (χ0) is 17.5. The summed E-state index contributed by atoms with van der Waals surface area (Å²) in [6.45, 7) is 1.71. The summed E-state index contributed by atoms with van der Waals surface area (Å²) in [4.78, 5) is 2.25. The van der Waals surface area contributed by atoms with E-state index in [2.05, 4.69) is 48.5 Å². The first kappa shape index (κ1) is 16.9. The Kier molecular flexibility index (Phi) is 5.61. The second-order valence-corrected chi connectivity index (χ2v) is 6.15. The average Bonchev–Trinajstić information content (AvgIpc) is 3.07. The molecule has 0 spiro atoms. The zero-order valence-electron chi connectivity index (χ0n) is 14.5. The number of benzene rings is 2. The standard InChI is InChI=1S/C21H22N4/c1-24(15-9-8-14-22)16-19-17-25(20-12-6-3-7-13-20)23-21(19)18-10-4-2-5-11-18/h2-7,10-13,17H,8-9,15-16H2,1H3. The van der Waals surface area contributed by atoms with Crippen LogP contribution in [0.1, 0.15) is 18.4 Å². The number of nitriles is 1. The van der Waals surface area contributed by atoms with Crippen LogP contribution in [0.5, 0.6) is 0 Å². The third-order valence-corrected chi connectivity index (χ3v) is 4.13. The van der Waals surface area contributed by atoms with Crippen molar-refractivity contribution >= 4 is 0 Å². The maximum Gasteiger partial charge on any atom is 0.0972 e. The maximum absolute atomic E-state index is 8.71. The first-order chi connectivity index (χ1) is 12.3. The van der Waals surface area contributed by atoms with Gasteiger partial charge in [0, 0.05) is 30.3 Å². The summed E-state index contributed by atoms with van der Waals surface area (Å²) in [5.41, 5.74) is 4.38. The van der Waals surface area contributed by atoms with Crippen LogP contribution in [0.25, 0.3) is 16.9 Å². The quantitative estimate of drug-likeness (QED) is 0.608. The molecule has 0 amide bonds. The molecule has 0 saturated carbocycles. The molecule has 1 heterocycles. The number of hydrogen-bond acceptors (Lipinski definition) is 3. The Bertz CT molecular complexity index is 831. The summed E-state index contributed by atoms with van der Waals surface area (Å²) in [7, 11) is 2.09. The lowest BCUT2D eigenvalue weighted by molar-refractivity contribution is 0.324. The predicted octanol–water partition coefficient (Wildman–Crippen LogP) is 4.27. The van der Waals surface area contributed by atoms with Crippen LogP contribution >= 0.6 is 0 Å². The summed E-state index contributed by atoms with van der Waals surface area (Å²) < 4.78 is 1.95. The van der Waals surface area contributed by atoms with E-state index in [1.807, 2.05) is 41.1 Å². The van der Waals surface area contributed by atoms with Crippen molar-refractivity contribution in [2.24, 2.45) is 0 Å². The lowest BCUT2D eigenvalue weighted by Gasteiger charge is -2.15. The van der Waals surface area contributed by atoms with E-state index in [1.54, 1.807) is 0 Å². The molecule has 0 bridgehead atoms.